The minimum absolute atomic E-state index is 0.129. The standard InChI is InChI=1S/C25H46O3/c1-3-5-18-25(28-22-24-21-27-24,23-16-12-11-13-17-23)19-14-9-7-6-8-10-15-20-26-4-2/h4,23-24H,2-3,5-22H2,1H3. The molecule has 0 aromatic heterocycles. The van der Waals surface area contributed by atoms with Crippen molar-refractivity contribution in [1.29, 1.82) is 0 Å². The highest BCUT2D eigenvalue weighted by molar-refractivity contribution is 4.91. The first-order valence-electron chi connectivity index (χ1n) is 12.3. The Labute approximate surface area is 174 Å². The maximum atomic E-state index is 6.73. The van der Waals surface area contributed by atoms with Gasteiger partial charge in [-0.25, -0.2) is 0 Å². The molecule has 0 bridgehead atoms. The second-order valence-electron chi connectivity index (χ2n) is 9.03. The summed E-state index contributed by atoms with van der Waals surface area (Å²) in [5.41, 5.74) is 0.129. The van der Waals surface area contributed by atoms with Gasteiger partial charge < -0.3 is 14.2 Å². The fourth-order valence-electron chi connectivity index (χ4n) is 4.90. The van der Waals surface area contributed by atoms with Crippen LogP contribution >= 0.6 is 0 Å². The van der Waals surface area contributed by atoms with Crippen molar-refractivity contribution in [2.24, 2.45) is 5.92 Å². The molecule has 0 spiro atoms. The zero-order valence-corrected chi connectivity index (χ0v) is 18.6. The van der Waals surface area contributed by atoms with Crippen LogP contribution in [0.4, 0.5) is 0 Å². The molecule has 28 heavy (non-hydrogen) atoms. The second-order valence-corrected chi connectivity index (χ2v) is 9.03. The SMILES string of the molecule is C=COCCCCCCCCCC(CCCC)(OCC1CO1)C1CCCCC1. The molecule has 1 heterocycles. The molecule has 2 unspecified atom stereocenters. The van der Waals surface area contributed by atoms with Gasteiger partial charge >= 0.3 is 0 Å². The van der Waals surface area contributed by atoms with Crippen LogP contribution in [0.3, 0.4) is 0 Å². The molecule has 2 fully saturated rings. The van der Waals surface area contributed by atoms with Gasteiger partial charge in [0.05, 0.1) is 31.7 Å². The lowest BCUT2D eigenvalue weighted by atomic mass is 9.72. The maximum absolute atomic E-state index is 6.73. The number of ether oxygens (including phenoxy) is 3. The second kappa shape index (κ2) is 14.4. The van der Waals surface area contributed by atoms with Crippen LogP contribution in [0.15, 0.2) is 12.8 Å². The maximum Gasteiger partial charge on any atom is 0.104 e. The molecule has 0 radical (unpaired) electrons. The molecule has 3 heteroatoms. The quantitative estimate of drug-likeness (QED) is 0.140. The van der Waals surface area contributed by atoms with E-state index in [1.807, 2.05) is 0 Å². The zero-order valence-electron chi connectivity index (χ0n) is 18.6. The highest BCUT2D eigenvalue weighted by Gasteiger charge is 2.40. The average Bonchev–Trinajstić information content (AvgIpc) is 3.56. The van der Waals surface area contributed by atoms with E-state index in [0.717, 1.165) is 32.2 Å². The molecule has 1 saturated carbocycles. The fraction of sp³-hybridized carbons (Fsp3) is 0.920. The van der Waals surface area contributed by atoms with Crippen molar-refractivity contribution in [2.45, 2.75) is 121 Å². The van der Waals surface area contributed by atoms with Gasteiger partial charge in [-0.15, -0.1) is 0 Å². The third kappa shape index (κ3) is 9.31. The smallest absolute Gasteiger partial charge is 0.104 e. The molecular weight excluding hydrogens is 348 g/mol. The van der Waals surface area contributed by atoms with Crippen molar-refractivity contribution in [2.75, 3.05) is 19.8 Å². The van der Waals surface area contributed by atoms with Crippen LogP contribution in [-0.4, -0.2) is 31.5 Å². The van der Waals surface area contributed by atoms with Crippen molar-refractivity contribution in [1.82, 2.24) is 0 Å². The summed E-state index contributed by atoms with van der Waals surface area (Å²) >= 11 is 0. The lowest BCUT2D eigenvalue weighted by Gasteiger charge is -2.43. The van der Waals surface area contributed by atoms with Gasteiger partial charge in [-0.1, -0.05) is 84.1 Å². The number of unbranched alkanes of at least 4 members (excludes halogenated alkanes) is 7. The third-order valence-corrected chi connectivity index (χ3v) is 6.74. The van der Waals surface area contributed by atoms with E-state index in [1.54, 1.807) is 6.26 Å². The van der Waals surface area contributed by atoms with Gasteiger partial charge in [0.25, 0.3) is 0 Å². The van der Waals surface area contributed by atoms with E-state index in [1.165, 1.54) is 96.3 Å². The van der Waals surface area contributed by atoms with Crippen molar-refractivity contribution in [3.05, 3.63) is 12.8 Å². The lowest BCUT2D eigenvalue weighted by Crippen LogP contribution is -2.43. The Morgan fingerprint density at radius 3 is 2.21 bits per heavy atom. The van der Waals surface area contributed by atoms with Crippen LogP contribution in [0, 0.1) is 5.92 Å². The topological polar surface area (TPSA) is 31.0 Å². The van der Waals surface area contributed by atoms with Crippen molar-refractivity contribution >= 4 is 0 Å². The summed E-state index contributed by atoms with van der Waals surface area (Å²) in [5, 5.41) is 0. The molecular formula is C25H46O3. The van der Waals surface area contributed by atoms with Gasteiger partial charge in [-0.3, -0.25) is 0 Å². The molecule has 2 rings (SSSR count). The van der Waals surface area contributed by atoms with Crippen LogP contribution in [0.5, 0.6) is 0 Å². The number of hydrogen-bond acceptors (Lipinski definition) is 3. The van der Waals surface area contributed by atoms with Gasteiger partial charge in [0.1, 0.15) is 6.10 Å². The Hall–Kier alpha value is -0.540. The molecule has 0 aromatic carbocycles. The number of epoxide rings is 1. The van der Waals surface area contributed by atoms with E-state index in [4.69, 9.17) is 14.2 Å². The molecule has 1 aliphatic heterocycles. The van der Waals surface area contributed by atoms with Gasteiger partial charge in [0.15, 0.2) is 0 Å². The van der Waals surface area contributed by atoms with E-state index in [0.29, 0.717) is 6.10 Å². The number of hydrogen-bond donors (Lipinski definition) is 0. The van der Waals surface area contributed by atoms with Crippen molar-refractivity contribution in [3.63, 3.8) is 0 Å². The minimum atomic E-state index is 0.129. The zero-order chi connectivity index (χ0) is 19.9. The van der Waals surface area contributed by atoms with E-state index < -0.39 is 0 Å². The number of rotatable bonds is 18. The highest BCUT2D eigenvalue weighted by Crippen LogP contribution is 2.42. The first-order chi connectivity index (χ1) is 13.8. The van der Waals surface area contributed by atoms with E-state index in [-0.39, 0.29) is 5.60 Å². The molecule has 0 N–H and O–H groups in total. The molecule has 3 nitrogen and oxygen atoms in total. The highest BCUT2D eigenvalue weighted by atomic mass is 16.6. The minimum Gasteiger partial charge on any atom is -0.502 e. The normalized spacial score (nSPS) is 22.0. The summed E-state index contributed by atoms with van der Waals surface area (Å²) in [4.78, 5) is 0. The molecule has 1 aliphatic carbocycles. The average molecular weight is 395 g/mol. The first-order valence-corrected chi connectivity index (χ1v) is 12.3. The summed E-state index contributed by atoms with van der Waals surface area (Å²) in [6.45, 7) is 8.46. The summed E-state index contributed by atoms with van der Waals surface area (Å²) in [6, 6.07) is 0. The monoisotopic (exact) mass is 394 g/mol. The Morgan fingerprint density at radius 1 is 0.929 bits per heavy atom. The molecule has 1 saturated heterocycles. The van der Waals surface area contributed by atoms with Gasteiger partial charge in [-0.2, -0.15) is 0 Å². The summed E-state index contributed by atoms with van der Waals surface area (Å²) in [7, 11) is 0. The molecule has 0 amide bonds. The molecule has 2 aliphatic rings. The largest absolute Gasteiger partial charge is 0.502 e. The predicted octanol–water partition coefficient (Wildman–Crippen LogP) is 7.19. The van der Waals surface area contributed by atoms with Crippen LogP contribution in [0.25, 0.3) is 0 Å². The first kappa shape index (κ1) is 23.7. The fourth-order valence-corrected chi connectivity index (χ4v) is 4.90. The van der Waals surface area contributed by atoms with Gasteiger partial charge in [0.2, 0.25) is 0 Å². The Kier molecular flexibility index (Phi) is 12.2. The molecule has 164 valence electrons. The summed E-state index contributed by atoms with van der Waals surface area (Å²) in [5.74, 6) is 0.774. The predicted molar refractivity (Wildman–Crippen MR) is 118 cm³/mol. The van der Waals surface area contributed by atoms with Crippen LogP contribution in [0.2, 0.25) is 0 Å². The van der Waals surface area contributed by atoms with Gasteiger partial charge in [0, 0.05) is 0 Å². The van der Waals surface area contributed by atoms with Crippen LogP contribution in [0.1, 0.15) is 110 Å². The third-order valence-electron chi connectivity index (χ3n) is 6.74. The van der Waals surface area contributed by atoms with Crippen LogP contribution in [-0.2, 0) is 14.2 Å². The molecule has 2 atom stereocenters. The van der Waals surface area contributed by atoms with Crippen molar-refractivity contribution < 1.29 is 14.2 Å². The molecule has 0 aromatic rings. The van der Waals surface area contributed by atoms with Crippen LogP contribution < -0.4 is 0 Å². The Bertz CT molecular complexity index is 387. The van der Waals surface area contributed by atoms with E-state index in [9.17, 15) is 0 Å². The lowest BCUT2D eigenvalue weighted by molar-refractivity contribution is -0.113. The van der Waals surface area contributed by atoms with Crippen molar-refractivity contribution in [3.8, 4) is 0 Å². The van der Waals surface area contributed by atoms with E-state index in [2.05, 4.69) is 13.5 Å². The Balaban J connectivity index is 1.72. The van der Waals surface area contributed by atoms with E-state index >= 15 is 0 Å². The summed E-state index contributed by atoms with van der Waals surface area (Å²) in [6.07, 6.45) is 23.2. The Morgan fingerprint density at radius 2 is 1.57 bits per heavy atom. The van der Waals surface area contributed by atoms with Gasteiger partial charge in [-0.05, 0) is 38.0 Å². The summed E-state index contributed by atoms with van der Waals surface area (Å²) < 4.78 is 17.4.